The molecule has 2 amide bonds. The SMILES string of the molecule is O=C(CC1CCC1)N1CCC[C@]1(C(=O)N1CCCC1)c1cnccn1. The lowest BCUT2D eigenvalue weighted by Gasteiger charge is -2.40. The van der Waals surface area contributed by atoms with Crippen LogP contribution in [-0.4, -0.2) is 51.2 Å². The molecule has 1 atom stereocenters. The molecule has 3 heterocycles. The number of carbonyl (C=O) groups excluding carboxylic acids is 2. The first kappa shape index (κ1) is 16.5. The third kappa shape index (κ3) is 2.81. The lowest BCUT2D eigenvalue weighted by molar-refractivity contribution is -0.152. The van der Waals surface area contributed by atoms with Gasteiger partial charge in [-0.3, -0.25) is 19.6 Å². The van der Waals surface area contributed by atoms with Crippen LogP contribution in [0.2, 0.25) is 0 Å². The van der Waals surface area contributed by atoms with E-state index in [1.165, 1.54) is 6.42 Å². The van der Waals surface area contributed by atoms with Crippen LogP contribution in [0.25, 0.3) is 0 Å². The van der Waals surface area contributed by atoms with E-state index in [1.807, 2.05) is 9.80 Å². The predicted octanol–water partition coefficient (Wildman–Crippen LogP) is 2.11. The van der Waals surface area contributed by atoms with Gasteiger partial charge in [0, 0.05) is 38.4 Å². The molecule has 0 unspecified atom stereocenters. The van der Waals surface area contributed by atoms with Gasteiger partial charge in [-0.2, -0.15) is 0 Å². The third-order valence-corrected chi connectivity index (χ3v) is 6.10. The second-order valence-electron chi connectivity index (χ2n) is 7.60. The van der Waals surface area contributed by atoms with Gasteiger partial charge in [0.05, 0.1) is 11.9 Å². The average Bonchev–Trinajstić information content (AvgIpc) is 3.28. The Morgan fingerprint density at radius 2 is 1.88 bits per heavy atom. The van der Waals surface area contributed by atoms with E-state index in [0.717, 1.165) is 45.2 Å². The van der Waals surface area contributed by atoms with Crippen molar-refractivity contribution >= 4 is 11.8 Å². The summed E-state index contributed by atoms with van der Waals surface area (Å²) in [6.45, 7) is 2.21. The van der Waals surface area contributed by atoms with E-state index in [1.54, 1.807) is 18.6 Å². The molecule has 0 spiro atoms. The summed E-state index contributed by atoms with van der Waals surface area (Å²) in [5, 5.41) is 0. The van der Waals surface area contributed by atoms with Gasteiger partial charge in [0.25, 0.3) is 5.91 Å². The maximum atomic E-state index is 13.5. The van der Waals surface area contributed by atoms with Gasteiger partial charge in [-0.25, -0.2) is 0 Å². The summed E-state index contributed by atoms with van der Waals surface area (Å²) in [7, 11) is 0. The van der Waals surface area contributed by atoms with Crippen molar-refractivity contribution in [2.45, 2.75) is 56.9 Å². The summed E-state index contributed by atoms with van der Waals surface area (Å²) in [5.41, 5.74) is -0.314. The first-order valence-corrected chi connectivity index (χ1v) is 9.58. The minimum Gasteiger partial charge on any atom is -0.340 e. The van der Waals surface area contributed by atoms with E-state index < -0.39 is 5.54 Å². The van der Waals surface area contributed by atoms with Crippen LogP contribution < -0.4 is 0 Å². The first-order chi connectivity index (χ1) is 12.2. The third-order valence-electron chi connectivity index (χ3n) is 6.10. The van der Waals surface area contributed by atoms with Crippen molar-refractivity contribution in [1.82, 2.24) is 19.8 Å². The number of amides is 2. The van der Waals surface area contributed by atoms with Crippen LogP contribution in [0.15, 0.2) is 18.6 Å². The molecule has 0 aromatic carbocycles. The van der Waals surface area contributed by atoms with Crippen LogP contribution in [0.1, 0.15) is 57.1 Å². The van der Waals surface area contributed by atoms with Gasteiger partial charge in [-0.15, -0.1) is 0 Å². The molecule has 1 aromatic rings. The smallest absolute Gasteiger partial charge is 0.254 e. The zero-order valence-electron chi connectivity index (χ0n) is 14.7. The number of aromatic nitrogens is 2. The molecule has 1 aliphatic carbocycles. The Kier molecular flexibility index (Phi) is 4.44. The number of nitrogens with zero attached hydrogens (tertiary/aromatic N) is 4. The van der Waals surface area contributed by atoms with E-state index in [-0.39, 0.29) is 11.8 Å². The average molecular weight is 342 g/mol. The molecule has 25 heavy (non-hydrogen) atoms. The Bertz CT molecular complexity index is 640. The number of likely N-dealkylation sites (tertiary alicyclic amines) is 2. The number of rotatable bonds is 4. The minimum atomic E-state index is -0.945. The first-order valence-electron chi connectivity index (χ1n) is 9.58. The Balaban J connectivity index is 1.68. The zero-order chi connectivity index (χ0) is 17.3. The summed E-state index contributed by atoms with van der Waals surface area (Å²) >= 11 is 0. The van der Waals surface area contributed by atoms with E-state index in [0.29, 0.717) is 31.0 Å². The molecule has 6 nitrogen and oxygen atoms in total. The zero-order valence-corrected chi connectivity index (χ0v) is 14.7. The molecule has 3 fully saturated rings. The standard InChI is InChI=1S/C19H26N4O2/c24-17(13-15-5-3-6-15)23-12-4-7-19(23,16-14-20-8-9-21-16)18(25)22-10-1-2-11-22/h8-9,14-15H,1-7,10-13H2/t19-/m1/s1. The summed E-state index contributed by atoms with van der Waals surface area (Å²) in [5.74, 6) is 0.653. The molecule has 134 valence electrons. The lowest BCUT2D eigenvalue weighted by atomic mass is 9.82. The fourth-order valence-electron chi connectivity index (χ4n) is 4.50. The quantitative estimate of drug-likeness (QED) is 0.840. The second kappa shape index (κ2) is 6.73. The van der Waals surface area contributed by atoms with E-state index in [2.05, 4.69) is 9.97 Å². The van der Waals surface area contributed by atoms with Gasteiger partial charge < -0.3 is 9.80 Å². The monoisotopic (exact) mass is 342 g/mol. The molecule has 6 heteroatoms. The van der Waals surface area contributed by atoms with Gasteiger partial charge in [0.2, 0.25) is 5.91 Å². The lowest BCUT2D eigenvalue weighted by Crippen LogP contribution is -2.56. The highest BCUT2D eigenvalue weighted by atomic mass is 16.2. The van der Waals surface area contributed by atoms with Gasteiger partial charge >= 0.3 is 0 Å². The van der Waals surface area contributed by atoms with Crippen LogP contribution in [0, 0.1) is 5.92 Å². The van der Waals surface area contributed by atoms with Crippen LogP contribution in [0.5, 0.6) is 0 Å². The Labute approximate surface area is 148 Å². The summed E-state index contributed by atoms with van der Waals surface area (Å²) in [4.78, 5) is 39.0. The second-order valence-corrected chi connectivity index (χ2v) is 7.60. The molecule has 2 aliphatic heterocycles. The summed E-state index contributed by atoms with van der Waals surface area (Å²) in [6.07, 6.45) is 12.5. The number of hydrogen-bond acceptors (Lipinski definition) is 4. The Morgan fingerprint density at radius 3 is 2.52 bits per heavy atom. The van der Waals surface area contributed by atoms with Gasteiger partial charge in [-0.05, 0) is 44.4 Å². The van der Waals surface area contributed by atoms with Crippen molar-refractivity contribution in [2.75, 3.05) is 19.6 Å². The van der Waals surface area contributed by atoms with Crippen LogP contribution in [-0.2, 0) is 15.1 Å². The van der Waals surface area contributed by atoms with Crippen molar-refractivity contribution in [3.8, 4) is 0 Å². The van der Waals surface area contributed by atoms with Gasteiger partial charge in [0.15, 0.2) is 5.54 Å². The largest absolute Gasteiger partial charge is 0.340 e. The Morgan fingerprint density at radius 1 is 1.08 bits per heavy atom. The fourth-order valence-corrected chi connectivity index (χ4v) is 4.50. The maximum absolute atomic E-state index is 13.5. The highest BCUT2D eigenvalue weighted by Gasteiger charge is 2.54. The molecule has 3 aliphatic rings. The highest BCUT2D eigenvalue weighted by molar-refractivity contribution is 5.93. The van der Waals surface area contributed by atoms with Crippen molar-refractivity contribution < 1.29 is 9.59 Å². The van der Waals surface area contributed by atoms with Crippen LogP contribution >= 0.6 is 0 Å². The molecular formula is C19H26N4O2. The van der Waals surface area contributed by atoms with E-state index in [4.69, 9.17) is 0 Å². The molecule has 1 saturated carbocycles. The minimum absolute atomic E-state index is 0.0463. The normalized spacial score (nSPS) is 26.7. The fraction of sp³-hybridized carbons (Fsp3) is 0.684. The summed E-state index contributed by atoms with van der Waals surface area (Å²) in [6, 6.07) is 0. The van der Waals surface area contributed by atoms with Gasteiger partial charge in [-0.1, -0.05) is 6.42 Å². The van der Waals surface area contributed by atoms with Crippen molar-refractivity contribution in [2.24, 2.45) is 5.92 Å². The van der Waals surface area contributed by atoms with Crippen LogP contribution in [0.4, 0.5) is 0 Å². The van der Waals surface area contributed by atoms with E-state index >= 15 is 0 Å². The summed E-state index contributed by atoms with van der Waals surface area (Å²) < 4.78 is 0. The number of carbonyl (C=O) groups is 2. The van der Waals surface area contributed by atoms with Crippen molar-refractivity contribution in [3.63, 3.8) is 0 Å². The maximum Gasteiger partial charge on any atom is 0.254 e. The highest BCUT2D eigenvalue weighted by Crippen LogP contribution is 2.42. The molecule has 4 rings (SSSR count). The molecular weight excluding hydrogens is 316 g/mol. The molecule has 0 radical (unpaired) electrons. The van der Waals surface area contributed by atoms with Crippen LogP contribution in [0.3, 0.4) is 0 Å². The molecule has 1 aromatic heterocycles. The van der Waals surface area contributed by atoms with Crippen molar-refractivity contribution in [3.05, 3.63) is 24.3 Å². The number of hydrogen-bond donors (Lipinski definition) is 0. The molecule has 0 N–H and O–H groups in total. The van der Waals surface area contributed by atoms with Gasteiger partial charge in [0.1, 0.15) is 0 Å². The Hall–Kier alpha value is -1.98. The topological polar surface area (TPSA) is 66.4 Å². The van der Waals surface area contributed by atoms with E-state index in [9.17, 15) is 9.59 Å². The predicted molar refractivity (Wildman–Crippen MR) is 92.4 cm³/mol. The van der Waals surface area contributed by atoms with Crippen molar-refractivity contribution in [1.29, 1.82) is 0 Å². The molecule has 2 saturated heterocycles. The molecule has 0 bridgehead atoms.